The zero-order valence-electron chi connectivity index (χ0n) is 15.4. The molecule has 0 radical (unpaired) electrons. The van der Waals surface area contributed by atoms with Crippen LogP contribution in [-0.4, -0.2) is 35.9 Å². The third-order valence-electron chi connectivity index (χ3n) is 4.76. The van der Waals surface area contributed by atoms with Gasteiger partial charge in [0.1, 0.15) is 0 Å². The van der Waals surface area contributed by atoms with Crippen LogP contribution in [0.1, 0.15) is 40.5 Å². The van der Waals surface area contributed by atoms with Crippen molar-refractivity contribution in [1.82, 2.24) is 4.98 Å². The van der Waals surface area contributed by atoms with Gasteiger partial charge in [-0.15, -0.1) is 0 Å². The molecule has 1 aliphatic heterocycles. The number of fused-ring (bicyclic) bond motifs is 1. The Morgan fingerprint density at radius 3 is 2.64 bits per heavy atom. The molecule has 0 aliphatic carbocycles. The molecule has 4 rings (SSSR count). The summed E-state index contributed by atoms with van der Waals surface area (Å²) in [7, 11) is 0. The summed E-state index contributed by atoms with van der Waals surface area (Å²) in [6.07, 6.45) is 1.95. The zero-order chi connectivity index (χ0) is 19.7. The molecule has 1 aliphatic rings. The molecule has 28 heavy (non-hydrogen) atoms. The van der Waals surface area contributed by atoms with Gasteiger partial charge in [-0.2, -0.15) is 0 Å². The van der Waals surface area contributed by atoms with E-state index < -0.39 is 0 Å². The van der Waals surface area contributed by atoms with Crippen molar-refractivity contribution >= 4 is 54.3 Å². The first-order chi connectivity index (χ1) is 13.5. The van der Waals surface area contributed by atoms with Crippen LogP contribution in [0.25, 0.3) is 10.2 Å². The van der Waals surface area contributed by atoms with Crippen molar-refractivity contribution in [2.24, 2.45) is 0 Å². The van der Waals surface area contributed by atoms with E-state index in [0.717, 1.165) is 34.1 Å². The molecule has 1 aromatic heterocycles. The lowest BCUT2D eigenvalue weighted by molar-refractivity contribution is 0.0916. The van der Waals surface area contributed by atoms with Gasteiger partial charge in [-0.1, -0.05) is 39.4 Å². The first-order valence-corrected chi connectivity index (χ1v) is 10.7. The summed E-state index contributed by atoms with van der Waals surface area (Å²) in [6.45, 7) is 2.71. The van der Waals surface area contributed by atoms with Crippen molar-refractivity contribution in [3.8, 4) is 0 Å². The Labute approximate surface area is 175 Å². The number of thiazole rings is 1. The fourth-order valence-electron chi connectivity index (χ4n) is 3.24. The summed E-state index contributed by atoms with van der Waals surface area (Å²) >= 11 is 4.97. The highest BCUT2D eigenvalue weighted by Gasteiger charge is 2.27. The van der Waals surface area contributed by atoms with Gasteiger partial charge in [0.15, 0.2) is 10.9 Å². The van der Waals surface area contributed by atoms with E-state index in [1.807, 2.05) is 18.2 Å². The number of amides is 1. The third kappa shape index (κ3) is 4.01. The number of carbonyl (C=O) groups is 2. The van der Waals surface area contributed by atoms with E-state index in [-0.39, 0.29) is 17.8 Å². The number of hydrogen-bond donors (Lipinski definition) is 0. The van der Waals surface area contributed by atoms with Crippen LogP contribution in [0.15, 0.2) is 46.9 Å². The Balaban J connectivity index is 1.69. The van der Waals surface area contributed by atoms with E-state index >= 15 is 0 Å². The number of nitrogens with zero attached hydrogens (tertiary/aromatic N) is 2. The number of ether oxygens (including phenoxy) is 1. The van der Waals surface area contributed by atoms with Crippen LogP contribution in [0.4, 0.5) is 5.13 Å². The maximum absolute atomic E-state index is 13.3. The third-order valence-corrected chi connectivity index (χ3v) is 6.30. The number of benzene rings is 2. The second-order valence-corrected chi connectivity index (χ2v) is 8.72. The molecule has 0 spiro atoms. The van der Waals surface area contributed by atoms with E-state index in [9.17, 15) is 9.59 Å². The van der Waals surface area contributed by atoms with Crippen molar-refractivity contribution in [2.75, 3.05) is 18.1 Å². The van der Waals surface area contributed by atoms with Gasteiger partial charge < -0.3 is 4.74 Å². The topological polar surface area (TPSA) is 59.5 Å². The van der Waals surface area contributed by atoms with Crippen molar-refractivity contribution in [3.05, 3.63) is 58.1 Å². The molecule has 1 amide bonds. The van der Waals surface area contributed by atoms with Crippen molar-refractivity contribution in [2.45, 2.75) is 25.9 Å². The van der Waals surface area contributed by atoms with Gasteiger partial charge in [0.05, 0.1) is 22.9 Å². The van der Waals surface area contributed by atoms with Gasteiger partial charge in [-0.25, -0.2) is 4.98 Å². The molecule has 144 valence electrons. The largest absolute Gasteiger partial charge is 0.376 e. The van der Waals surface area contributed by atoms with Crippen LogP contribution in [0, 0.1) is 0 Å². The van der Waals surface area contributed by atoms with Gasteiger partial charge in [0.25, 0.3) is 5.91 Å². The highest BCUT2D eigenvalue weighted by molar-refractivity contribution is 9.10. The summed E-state index contributed by atoms with van der Waals surface area (Å²) in [4.78, 5) is 31.2. The summed E-state index contributed by atoms with van der Waals surface area (Å²) in [5, 5.41) is 0.657. The Morgan fingerprint density at radius 2 is 1.96 bits per heavy atom. The number of aromatic nitrogens is 1. The van der Waals surface area contributed by atoms with Crippen molar-refractivity contribution in [1.29, 1.82) is 0 Å². The molecule has 1 atom stereocenters. The van der Waals surface area contributed by atoms with E-state index in [0.29, 0.717) is 22.8 Å². The van der Waals surface area contributed by atoms with E-state index in [1.165, 1.54) is 18.3 Å². The van der Waals surface area contributed by atoms with E-state index in [4.69, 9.17) is 4.74 Å². The van der Waals surface area contributed by atoms with Gasteiger partial charge >= 0.3 is 0 Å². The van der Waals surface area contributed by atoms with Gasteiger partial charge in [0.2, 0.25) is 0 Å². The molecule has 7 heteroatoms. The maximum atomic E-state index is 13.3. The molecular weight excluding hydrogens is 440 g/mol. The molecule has 0 N–H and O–H groups in total. The summed E-state index contributed by atoms with van der Waals surface area (Å²) in [5.74, 6) is -0.157. The monoisotopic (exact) mass is 458 g/mol. The number of rotatable bonds is 5. The van der Waals surface area contributed by atoms with Crippen LogP contribution in [0.2, 0.25) is 0 Å². The second kappa shape index (κ2) is 8.11. The molecule has 2 aromatic carbocycles. The predicted octanol–water partition coefficient (Wildman–Crippen LogP) is 5.09. The molecule has 0 saturated carbocycles. The lowest BCUT2D eigenvalue weighted by Crippen LogP contribution is -2.37. The van der Waals surface area contributed by atoms with Crippen molar-refractivity contribution in [3.63, 3.8) is 0 Å². The number of anilines is 1. The van der Waals surface area contributed by atoms with Gasteiger partial charge in [0, 0.05) is 22.2 Å². The first kappa shape index (κ1) is 19.2. The quantitative estimate of drug-likeness (QED) is 0.499. The number of ketones is 1. The lowest BCUT2D eigenvalue weighted by atomic mass is 10.1. The summed E-state index contributed by atoms with van der Waals surface area (Å²) in [5.41, 5.74) is 1.98. The molecule has 1 unspecified atom stereocenters. The minimum absolute atomic E-state index is 0.0131. The van der Waals surface area contributed by atoms with Crippen LogP contribution < -0.4 is 4.90 Å². The predicted molar refractivity (Wildman–Crippen MR) is 114 cm³/mol. The molecule has 3 aromatic rings. The van der Waals surface area contributed by atoms with Crippen LogP contribution in [-0.2, 0) is 4.74 Å². The standard InChI is InChI=1S/C21H19BrN2O3S/c1-13(25)14-4-6-15(7-5-14)20(26)24(12-17-3-2-10-27-17)21-23-18-9-8-16(22)11-19(18)28-21/h4-9,11,17H,2-3,10,12H2,1H3. The smallest absolute Gasteiger partial charge is 0.260 e. The van der Waals surface area contributed by atoms with E-state index in [1.54, 1.807) is 29.2 Å². The Kier molecular flexibility index (Phi) is 5.57. The maximum Gasteiger partial charge on any atom is 0.260 e. The zero-order valence-corrected chi connectivity index (χ0v) is 17.8. The van der Waals surface area contributed by atoms with Crippen LogP contribution >= 0.6 is 27.3 Å². The highest BCUT2D eigenvalue weighted by Crippen LogP contribution is 2.32. The Bertz CT molecular complexity index is 1030. The molecule has 5 nitrogen and oxygen atoms in total. The summed E-state index contributed by atoms with van der Waals surface area (Å²) < 4.78 is 7.76. The minimum atomic E-state index is -0.135. The highest BCUT2D eigenvalue weighted by atomic mass is 79.9. The van der Waals surface area contributed by atoms with Crippen LogP contribution in [0.5, 0.6) is 0 Å². The number of Topliss-reactive ketones (excluding diaryl/α,β-unsaturated/α-hetero) is 1. The second-order valence-electron chi connectivity index (χ2n) is 6.79. The summed E-state index contributed by atoms with van der Waals surface area (Å²) in [6, 6.07) is 12.7. The molecule has 1 fully saturated rings. The van der Waals surface area contributed by atoms with E-state index in [2.05, 4.69) is 20.9 Å². The first-order valence-electron chi connectivity index (χ1n) is 9.12. The van der Waals surface area contributed by atoms with Crippen LogP contribution in [0.3, 0.4) is 0 Å². The molecule has 1 saturated heterocycles. The molecule has 2 heterocycles. The fourth-order valence-corrected chi connectivity index (χ4v) is 4.77. The fraction of sp³-hybridized carbons (Fsp3) is 0.286. The Morgan fingerprint density at radius 1 is 1.21 bits per heavy atom. The minimum Gasteiger partial charge on any atom is -0.376 e. The molecular formula is C21H19BrN2O3S. The average molecular weight is 459 g/mol. The average Bonchev–Trinajstić information content (AvgIpc) is 3.34. The molecule has 0 bridgehead atoms. The van der Waals surface area contributed by atoms with Gasteiger partial charge in [-0.3, -0.25) is 14.5 Å². The van der Waals surface area contributed by atoms with Gasteiger partial charge in [-0.05, 0) is 50.1 Å². The SMILES string of the molecule is CC(=O)c1ccc(C(=O)N(CC2CCCO2)c2nc3ccc(Br)cc3s2)cc1. The number of halogens is 1. The number of carbonyl (C=O) groups excluding carboxylic acids is 2. The lowest BCUT2D eigenvalue weighted by Gasteiger charge is -2.23. The van der Waals surface area contributed by atoms with Crippen molar-refractivity contribution < 1.29 is 14.3 Å². The number of hydrogen-bond acceptors (Lipinski definition) is 5. The normalized spacial score (nSPS) is 16.4. The Hall–Kier alpha value is -2.09.